The fourth-order valence-corrected chi connectivity index (χ4v) is 1.68. The van der Waals surface area contributed by atoms with Gasteiger partial charge in [0.15, 0.2) is 0 Å². The average Bonchev–Trinajstić information content (AvgIpc) is 2.38. The second kappa shape index (κ2) is 7.25. The Morgan fingerprint density at radius 1 is 1.29 bits per heavy atom. The summed E-state index contributed by atoms with van der Waals surface area (Å²) in [6, 6.07) is 5.66. The summed E-state index contributed by atoms with van der Waals surface area (Å²) < 4.78 is 5.32. The summed E-state index contributed by atoms with van der Waals surface area (Å²) in [6.07, 6.45) is 1.24. The molecule has 0 fully saturated rings. The van der Waals surface area contributed by atoms with Gasteiger partial charge in [-0.15, -0.1) is 0 Å². The van der Waals surface area contributed by atoms with Gasteiger partial charge in [-0.05, 0) is 18.9 Å². The zero-order chi connectivity index (χ0) is 12.7. The van der Waals surface area contributed by atoms with Gasteiger partial charge in [-0.25, -0.2) is 4.98 Å². The third-order valence-corrected chi connectivity index (χ3v) is 2.78. The molecule has 1 aromatic heterocycles. The van der Waals surface area contributed by atoms with Crippen LogP contribution in [0.1, 0.15) is 38.3 Å². The van der Waals surface area contributed by atoms with Gasteiger partial charge in [0.2, 0.25) is 5.88 Å². The molecule has 1 heterocycles. The standard InChI is InChI=1S/C13H21NO3/c1-3-10(4-2)12-6-5-7-13(14-12)17-9-11(16)8-15/h5-7,10-11,15-16H,3-4,8-9H2,1-2H3. The molecule has 4 nitrogen and oxygen atoms in total. The predicted octanol–water partition coefficient (Wildman–Crippen LogP) is 1.72. The van der Waals surface area contributed by atoms with E-state index in [0.717, 1.165) is 18.5 Å². The fraction of sp³-hybridized carbons (Fsp3) is 0.615. The van der Waals surface area contributed by atoms with E-state index in [4.69, 9.17) is 9.84 Å². The molecule has 0 spiro atoms. The van der Waals surface area contributed by atoms with Gasteiger partial charge < -0.3 is 14.9 Å². The normalized spacial score (nSPS) is 12.8. The minimum atomic E-state index is -0.853. The fourth-order valence-electron chi connectivity index (χ4n) is 1.68. The maximum atomic E-state index is 9.19. The molecule has 0 saturated carbocycles. The van der Waals surface area contributed by atoms with Crippen LogP contribution in [-0.4, -0.2) is 34.5 Å². The summed E-state index contributed by atoms with van der Waals surface area (Å²) in [6.45, 7) is 4.04. The van der Waals surface area contributed by atoms with Gasteiger partial charge in [0, 0.05) is 17.7 Å². The second-order valence-corrected chi connectivity index (χ2v) is 4.06. The zero-order valence-electron chi connectivity index (χ0n) is 10.5. The first-order chi connectivity index (χ1) is 8.21. The highest BCUT2D eigenvalue weighted by Crippen LogP contribution is 2.22. The first-order valence-electron chi connectivity index (χ1n) is 6.09. The minimum Gasteiger partial charge on any atom is -0.475 e. The van der Waals surface area contributed by atoms with Crippen LogP contribution in [0.4, 0.5) is 0 Å². The van der Waals surface area contributed by atoms with Crippen molar-refractivity contribution in [1.82, 2.24) is 4.98 Å². The van der Waals surface area contributed by atoms with Crippen molar-refractivity contribution in [2.24, 2.45) is 0 Å². The number of aromatic nitrogens is 1. The van der Waals surface area contributed by atoms with E-state index < -0.39 is 6.10 Å². The molecule has 0 aliphatic rings. The highest BCUT2D eigenvalue weighted by molar-refractivity contribution is 5.18. The number of aliphatic hydroxyl groups excluding tert-OH is 2. The number of nitrogens with zero attached hydrogens (tertiary/aromatic N) is 1. The predicted molar refractivity (Wildman–Crippen MR) is 66.1 cm³/mol. The minimum absolute atomic E-state index is 0.0653. The van der Waals surface area contributed by atoms with E-state index in [9.17, 15) is 5.11 Å². The molecule has 0 aliphatic heterocycles. The molecule has 0 saturated heterocycles. The number of hydrogen-bond acceptors (Lipinski definition) is 4. The summed E-state index contributed by atoms with van der Waals surface area (Å²) in [5.41, 5.74) is 1.02. The molecule has 4 heteroatoms. The molecular weight excluding hydrogens is 218 g/mol. The van der Waals surface area contributed by atoms with Crippen molar-refractivity contribution in [1.29, 1.82) is 0 Å². The Labute approximate surface area is 102 Å². The van der Waals surface area contributed by atoms with Crippen LogP contribution in [0.3, 0.4) is 0 Å². The number of pyridine rings is 1. The Hall–Kier alpha value is -1.13. The number of rotatable bonds is 7. The average molecular weight is 239 g/mol. The van der Waals surface area contributed by atoms with Crippen LogP contribution in [0.25, 0.3) is 0 Å². The highest BCUT2D eigenvalue weighted by atomic mass is 16.5. The third-order valence-electron chi connectivity index (χ3n) is 2.78. The number of hydrogen-bond donors (Lipinski definition) is 2. The molecule has 0 radical (unpaired) electrons. The SMILES string of the molecule is CCC(CC)c1cccc(OCC(O)CO)n1. The van der Waals surface area contributed by atoms with Crippen LogP contribution in [-0.2, 0) is 0 Å². The monoisotopic (exact) mass is 239 g/mol. The van der Waals surface area contributed by atoms with Gasteiger partial charge in [-0.1, -0.05) is 19.9 Å². The maximum absolute atomic E-state index is 9.19. The Bertz CT molecular complexity index is 326. The molecule has 1 rings (SSSR count). The summed E-state index contributed by atoms with van der Waals surface area (Å²) in [4.78, 5) is 4.41. The summed E-state index contributed by atoms with van der Waals surface area (Å²) in [5, 5.41) is 17.9. The summed E-state index contributed by atoms with van der Waals surface area (Å²) >= 11 is 0. The maximum Gasteiger partial charge on any atom is 0.213 e. The van der Waals surface area contributed by atoms with Crippen molar-refractivity contribution in [2.45, 2.75) is 38.7 Å². The molecular formula is C13H21NO3. The van der Waals surface area contributed by atoms with Crippen LogP contribution in [0.5, 0.6) is 5.88 Å². The van der Waals surface area contributed by atoms with Crippen molar-refractivity contribution >= 4 is 0 Å². The van der Waals surface area contributed by atoms with Crippen molar-refractivity contribution < 1.29 is 14.9 Å². The first kappa shape index (κ1) is 13.9. The molecule has 96 valence electrons. The van der Waals surface area contributed by atoms with E-state index in [-0.39, 0.29) is 13.2 Å². The quantitative estimate of drug-likeness (QED) is 0.760. The van der Waals surface area contributed by atoms with Gasteiger partial charge in [-0.2, -0.15) is 0 Å². The number of ether oxygens (including phenoxy) is 1. The van der Waals surface area contributed by atoms with Crippen LogP contribution >= 0.6 is 0 Å². The second-order valence-electron chi connectivity index (χ2n) is 4.06. The van der Waals surface area contributed by atoms with Crippen LogP contribution < -0.4 is 4.74 Å². The molecule has 17 heavy (non-hydrogen) atoms. The topological polar surface area (TPSA) is 62.6 Å². The lowest BCUT2D eigenvalue weighted by atomic mass is 9.99. The molecule has 1 unspecified atom stereocenters. The molecule has 1 atom stereocenters. The van der Waals surface area contributed by atoms with Gasteiger partial charge in [0.05, 0.1) is 6.61 Å². The Kier molecular flexibility index (Phi) is 5.94. The van der Waals surface area contributed by atoms with Gasteiger partial charge in [0.1, 0.15) is 12.7 Å². The van der Waals surface area contributed by atoms with E-state index in [2.05, 4.69) is 18.8 Å². The molecule has 0 aliphatic carbocycles. The van der Waals surface area contributed by atoms with Crippen LogP contribution in [0.15, 0.2) is 18.2 Å². The van der Waals surface area contributed by atoms with Gasteiger partial charge >= 0.3 is 0 Å². The van der Waals surface area contributed by atoms with Crippen LogP contribution in [0.2, 0.25) is 0 Å². The van der Waals surface area contributed by atoms with Crippen LogP contribution in [0, 0.1) is 0 Å². The Morgan fingerprint density at radius 3 is 2.59 bits per heavy atom. The van der Waals surface area contributed by atoms with E-state index in [1.165, 1.54) is 0 Å². The zero-order valence-corrected chi connectivity index (χ0v) is 10.5. The molecule has 2 N–H and O–H groups in total. The lowest BCUT2D eigenvalue weighted by Gasteiger charge is -2.14. The van der Waals surface area contributed by atoms with Crippen molar-refractivity contribution in [3.8, 4) is 5.88 Å². The smallest absolute Gasteiger partial charge is 0.213 e. The highest BCUT2D eigenvalue weighted by Gasteiger charge is 2.10. The van der Waals surface area contributed by atoms with E-state index in [1.54, 1.807) is 6.07 Å². The Balaban J connectivity index is 2.65. The van der Waals surface area contributed by atoms with Gasteiger partial charge in [0.25, 0.3) is 0 Å². The van der Waals surface area contributed by atoms with Crippen molar-refractivity contribution in [3.63, 3.8) is 0 Å². The number of aliphatic hydroxyl groups is 2. The summed E-state index contributed by atoms with van der Waals surface area (Å²) in [7, 11) is 0. The van der Waals surface area contributed by atoms with E-state index in [1.807, 2.05) is 12.1 Å². The summed E-state index contributed by atoms with van der Waals surface area (Å²) in [5.74, 6) is 0.947. The molecule has 1 aromatic rings. The first-order valence-corrected chi connectivity index (χ1v) is 6.09. The van der Waals surface area contributed by atoms with Crippen molar-refractivity contribution in [3.05, 3.63) is 23.9 Å². The largest absolute Gasteiger partial charge is 0.475 e. The Morgan fingerprint density at radius 2 is 2.00 bits per heavy atom. The lowest BCUT2D eigenvalue weighted by Crippen LogP contribution is -2.21. The lowest BCUT2D eigenvalue weighted by molar-refractivity contribution is 0.0520. The van der Waals surface area contributed by atoms with Crippen molar-refractivity contribution in [2.75, 3.05) is 13.2 Å². The van der Waals surface area contributed by atoms with E-state index in [0.29, 0.717) is 11.8 Å². The third kappa shape index (κ3) is 4.32. The molecule has 0 aromatic carbocycles. The molecule has 0 bridgehead atoms. The van der Waals surface area contributed by atoms with E-state index >= 15 is 0 Å². The molecule has 0 amide bonds. The van der Waals surface area contributed by atoms with Gasteiger partial charge in [-0.3, -0.25) is 0 Å².